The molecule has 5 heteroatoms. The Bertz CT molecular complexity index is 514. The first-order chi connectivity index (χ1) is 8.25. The first-order valence-electron chi connectivity index (χ1n) is 5.10. The smallest absolute Gasteiger partial charge is 0.374 e. The first-order valence-corrected chi connectivity index (χ1v) is 5.10. The molecule has 0 saturated heterocycles. The number of anilines is 1. The van der Waals surface area contributed by atoms with Gasteiger partial charge in [0.15, 0.2) is 0 Å². The molecule has 0 spiro atoms. The average Bonchev–Trinajstić information content (AvgIpc) is 2.38. The molecule has 5 nitrogen and oxygen atoms in total. The summed E-state index contributed by atoms with van der Waals surface area (Å²) in [4.78, 5) is 18.2. The van der Waals surface area contributed by atoms with Crippen LogP contribution in [0.3, 0.4) is 0 Å². The van der Waals surface area contributed by atoms with Gasteiger partial charge >= 0.3 is 5.97 Å². The van der Waals surface area contributed by atoms with Gasteiger partial charge in [-0.25, -0.2) is 14.8 Å². The summed E-state index contributed by atoms with van der Waals surface area (Å²) >= 11 is 0. The molecule has 0 radical (unpaired) electrons. The van der Waals surface area contributed by atoms with Crippen LogP contribution in [0.25, 0.3) is 0 Å². The Morgan fingerprint density at radius 3 is 2.71 bits per heavy atom. The fourth-order valence-corrected chi connectivity index (χ4v) is 1.35. The number of carboxylic acid groups (broad SMARTS) is 1. The summed E-state index contributed by atoms with van der Waals surface area (Å²) in [6, 6.07) is 11.4. The third-order valence-corrected chi connectivity index (χ3v) is 2.16. The van der Waals surface area contributed by atoms with E-state index in [4.69, 9.17) is 5.11 Å². The number of rotatable bonds is 4. The molecule has 0 unspecified atom stereocenters. The summed E-state index contributed by atoms with van der Waals surface area (Å²) < 4.78 is 0. The molecule has 0 atom stereocenters. The quantitative estimate of drug-likeness (QED) is 0.835. The van der Waals surface area contributed by atoms with Crippen molar-refractivity contribution in [2.24, 2.45) is 0 Å². The molecule has 2 N–H and O–H groups in total. The standard InChI is InChI=1S/C12H11N3O2/c16-12(17)11-13-7-6-10(15-11)14-8-9-4-2-1-3-5-9/h1-7H,8H2,(H,16,17)(H,13,14,15). The summed E-state index contributed by atoms with van der Waals surface area (Å²) in [5.41, 5.74) is 1.10. The topological polar surface area (TPSA) is 75.1 Å². The lowest BCUT2D eigenvalue weighted by Gasteiger charge is -2.05. The molecule has 2 rings (SSSR count). The van der Waals surface area contributed by atoms with Crippen molar-refractivity contribution in [3.8, 4) is 0 Å². The van der Waals surface area contributed by atoms with Crippen LogP contribution < -0.4 is 5.32 Å². The number of benzene rings is 1. The summed E-state index contributed by atoms with van der Waals surface area (Å²) in [6.45, 7) is 0.594. The van der Waals surface area contributed by atoms with E-state index in [0.717, 1.165) is 5.56 Å². The Kier molecular flexibility index (Phi) is 3.30. The maximum atomic E-state index is 10.7. The van der Waals surface area contributed by atoms with Gasteiger partial charge in [0.25, 0.3) is 0 Å². The summed E-state index contributed by atoms with van der Waals surface area (Å²) in [7, 11) is 0. The lowest BCUT2D eigenvalue weighted by atomic mass is 10.2. The van der Waals surface area contributed by atoms with Crippen LogP contribution >= 0.6 is 0 Å². The number of carbonyl (C=O) groups is 1. The Balaban J connectivity index is 2.04. The van der Waals surface area contributed by atoms with Gasteiger partial charge in [-0.3, -0.25) is 0 Å². The lowest BCUT2D eigenvalue weighted by molar-refractivity contribution is 0.0683. The first kappa shape index (κ1) is 11.1. The van der Waals surface area contributed by atoms with Crippen molar-refractivity contribution in [3.63, 3.8) is 0 Å². The number of hydrogen-bond acceptors (Lipinski definition) is 4. The Morgan fingerprint density at radius 1 is 1.24 bits per heavy atom. The van der Waals surface area contributed by atoms with Crippen molar-refractivity contribution in [1.82, 2.24) is 9.97 Å². The van der Waals surface area contributed by atoms with Gasteiger partial charge < -0.3 is 10.4 Å². The van der Waals surface area contributed by atoms with Crippen molar-refractivity contribution >= 4 is 11.8 Å². The third kappa shape index (κ3) is 3.01. The van der Waals surface area contributed by atoms with E-state index in [-0.39, 0.29) is 5.82 Å². The van der Waals surface area contributed by atoms with Gasteiger partial charge in [0, 0.05) is 12.7 Å². The van der Waals surface area contributed by atoms with E-state index in [9.17, 15) is 4.79 Å². The van der Waals surface area contributed by atoms with Gasteiger partial charge in [-0.05, 0) is 11.6 Å². The van der Waals surface area contributed by atoms with Gasteiger partial charge in [0.2, 0.25) is 5.82 Å². The lowest BCUT2D eigenvalue weighted by Crippen LogP contribution is -2.07. The summed E-state index contributed by atoms with van der Waals surface area (Å²) in [6.07, 6.45) is 1.42. The normalized spacial score (nSPS) is 9.88. The number of aromatic carboxylic acids is 1. The van der Waals surface area contributed by atoms with Crippen LogP contribution in [0.2, 0.25) is 0 Å². The fourth-order valence-electron chi connectivity index (χ4n) is 1.35. The van der Waals surface area contributed by atoms with E-state index in [1.165, 1.54) is 6.20 Å². The van der Waals surface area contributed by atoms with Crippen LogP contribution in [0.5, 0.6) is 0 Å². The molecule has 1 aromatic carbocycles. The molecule has 0 fully saturated rings. The minimum Gasteiger partial charge on any atom is -0.475 e. The number of aromatic nitrogens is 2. The minimum atomic E-state index is -1.13. The van der Waals surface area contributed by atoms with Gasteiger partial charge in [-0.2, -0.15) is 0 Å². The monoisotopic (exact) mass is 229 g/mol. The van der Waals surface area contributed by atoms with Crippen molar-refractivity contribution < 1.29 is 9.90 Å². The maximum Gasteiger partial charge on any atom is 0.374 e. The largest absolute Gasteiger partial charge is 0.475 e. The zero-order valence-corrected chi connectivity index (χ0v) is 9.00. The van der Waals surface area contributed by atoms with Crippen LogP contribution in [0.15, 0.2) is 42.6 Å². The number of carboxylic acids is 1. The van der Waals surface area contributed by atoms with E-state index >= 15 is 0 Å². The highest BCUT2D eigenvalue weighted by atomic mass is 16.4. The third-order valence-electron chi connectivity index (χ3n) is 2.16. The predicted octanol–water partition coefficient (Wildman–Crippen LogP) is 1.79. The van der Waals surface area contributed by atoms with E-state index in [1.807, 2.05) is 30.3 Å². The van der Waals surface area contributed by atoms with Crippen molar-refractivity contribution in [2.45, 2.75) is 6.54 Å². The Morgan fingerprint density at radius 2 is 2.00 bits per heavy atom. The van der Waals surface area contributed by atoms with Crippen LogP contribution in [0, 0.1) is 0 Å². The van der Waals surface area contributed by atoms with Crippen molar-refractivity contribution in [1.29, 1.82) is 0 Å². The van der Waals surface area contributed by atoms with E-state index < -0.39 is 5.97 Å². The van der Waals surface area contributed by atoms with E-state index in [2.05, 4.69) is 15.3 Å². The van der Waals surface area contributed by atoms with Crippen LogP contribution in [0.1, 0.15) is 16.2 Å². The molecular formula is C12H11N3O2. The van der Waals surface area contributed by atoms with Crippen LogP contribution in [-0.4, -0.2) is 21.0 Å². The molecule has 1 heterocycles. The highest BCUT2D eigenvalue weighted by molar-refractivity contribution is 5.83. The number of hydrogen-bond donors (Lipinski definition) is 2. The molecule has 1 aromatic heterocycles. The predicted molar refractivity (Wildman–Crippen MR) is 62.8 cm³/mol. The number of nitrogens with zero attached hydrogens (tertiary/aromatic N) is 2. The molecule has 0 saturated carbocycles. The van der Waals surface area contributed by atoms with Gasteiger partial charge in [-0.1, -0.05) is 30.3 Å². The van der Waals surface area contributed by atoms with Crippen molar-refractivity contribution in [3.05, 3.63) is 54.0 Å². The Hall–Kier alpha value is -2.43. The van der Waals surface area contributed by atoms with Crippen LogP contribution in [-0.2, 0) is 6.54 Å². The molecule has 86 valence electrons. The SMILES string of the molecule is O=C(O)c1nccc(NCc2ccccc2)n1. The zero-order valence-electron chi connectivity index (χ0n) is 9.00. The zero-order chi connectivity index (χ0) is 12.1. The highest BCUT2D eigenvalue weighted by Gasteiger charge is 2.06. The fraction of sp³-hybridized carbons (Fsp3) is 0.0833. The molecule has 0 aliphatic carbocycles. The van der Waals surface area contributed by atoms with Gasteiger partial charge in [0.05, 0.1) is 0 Å². The second-order valence-corrected chi connectivity index (χ2v) is 3.41. The second-order valence-electron chi connectivity index (χ2n) is 3.41. The number of nitrogens with one attached hydrogen (secondary N) is 1. The molecule has 0 aliphatic rings. The Labute approximate surface area is 98.2 Å². The van der Waals surface area contributed by atoms with Gasteiger partial charge in [0.1, 0.15) is 5.82 Å². The van der Waals surface area contributed by atoms with Gasteiger partial charge in [-0.15, -0.1) is 0 Å². The molecule has 0 bridgehead atoms. The molecule has 17 heavy (non-hydrogen) atoms. The maximum absolute atomic E-state index is 10.7. The molecule has 0 amide bonds. The van der Waals surface area contributed by atoms with Crippen LogP contribution in [0.4, 0.5) is 5.82 Å². The molecular weight excluding hydrogens is 218 g/mol. The van der Waals surface area contributed by atoms with E-state index in [1.54, 1.807) is 6.07 Å². The van der Waals surface area contributed by atoms with E-state index in [0.29, 0.717) is 12.4 Å². The minimum absolute atomic E-state index is 0.205. The summed E-state index contributed by atoms with van der Waals surface area (Å²) in [5.74, 6) is -0.835. The average molecular weight is 229 g/mol. The highest BCUT2D eigenvalue weighted by Crippen LogP contribution is 2.05. The molecule has 2 aromatic rings. The summed E-state index contributed by atoms with van der Waals surface area (Å²) in [5, 5.41) is 11.8. The molecule has 0 aliphatic heterocycles. The second kappa shape index (κ2) is 5.07. The van der Waals surface area contributed by atoms with Crippen molar-refractivity contribution in [2.75, 3.05) is 5.32 Å².